The van der Waals surface area contributed by atoms with Gasteiger partial charge in [0, 0.05) is 11.1 Å². The standard InChI is InChI=1S/C9H8ClN3O2S/c10-7-2-1-5(16-7)3-13-4-6(11)8(12-13)9(14)15/h1-2,4H,3,11H2,(H,14,15). The molecular weight excluding hydrogens is 250 g/mol. The highest BCUT2D eigenvalue weighted by molar-refractivity contribution is 7.16. The first kappa shape index (κ1) is 11.0. The number of anilines is 1. The van der Waals surface area contributed by atoms with Gasteiger partial charge in [0.1, 0.15) is 0 Å². The van der Waals surface area contributed by atoms with Crippen molar-refractivity contribution < 1.29 is 9.90 Å². The van der Waals surface area contributed by atoms with Crippen molar-refractivity contribution in [3.05, 3.63) is 33.2 Å². The molecule has 2 heterocycles. The van der Waals surface area contributed by atoms with E-state index in [9.17, 15) is 4.79 Å². The highest BCUT2D eigenvalue weighted by atomic mass is 35.5. The summed E-state index contributed by atoms with van der Waals surface area (Å²) in [5, 5.41) is 12.6. The zero-order valence-corrected chi connectivity index (χ0v) is 9.63. The molecule has 16 heavy (non-hydrogen) atoms. The molecule has 3 N–H and O–H groups in total. The minimum Gasteiger partial charge on any atom is -0.476 e. The van der Waals surface area contributed by atoms with Crippen molar-refractivity contribution in [1.82, 2.24) is 9.78 Å². The van der Waals surface area contributed by atoms with Gasteiger partial charge in [0.05, 0.1) is 16.6 Å². The van der Waals surface area contributed by atoms with Gasteiger partial charge in [0.25, 0.3) is 0 Å². The Labute approximate surface area is 100 Å². The van der Waals surface area contributed by atoms with Gasteiger partial charge >= 0.3 is 5.97 Å². The molecule has 0 aliphatic rings. The molecule has 0 radical (unpaired) electrons. The van der Waals surface area contributed by atoms with E-state index in [2.05, 4.69) is 5.10 Å². The number of halogens is 1. The third-order valence-electron chi connectivity index (χ3n) is 1.94. The number of aromatic nitrogens is 2. The SMILES string of the molecule is Nc1cn(Cc2ccc(Cl)s2)nc1C(=O)O. The second kappa shape index (κ2) is 4.15. The van der Waals surface area contributed by atoms with E-state index in [-0.39, 0.29) is 11.4 Å². The van der Waals surface area contributed by atoms with Crippen LogP contribution in [-0.2, 0) is 6.54 Å². The van der Waals surface area contributed by atoms with Gasteiger partial charge in [-0.05, 0) is 12.1 Å². The van der Waals surface area contributed by atoms with Crippen LogP contribution in [0.4, 0.5) is 5.69 Å². The van der Waals surface area contributed by atoms with Gasteiger partial charge < -0.3 is 10.8 Å². The molecular formula is C9H8ClN3O2S. The molecule has 0 unspecified atom stereocenters. The van der Waals surface area contributed by atoms with Crippen LogP contribution >= 0.6 is 22.9 Å². The zero-order chi connectivity index (χ0) is 11.7. The zero-order valence-electron chi connectivity index (χ0n) is 8.05. The number of aromatic carboxylic acids is 1. The largest absolute Gasteiger partial charge is 0.476 e. The van der Waals surface area contributed by atoms with Crippen molar-refractivity contribution in [1.29, 1.82) is 0 Å². The minimum absolute atomic E-state index is 0.123. The van der Waals surface area contributed by atoms with E-state index in [1.54, 1.807) is 6.07 Å². The molecule has 7 heteroatoms. The van der Waals surface area contributed by atoms with Gasteiger partial charge in [-0.1, -0.05) is 11.6 Å². The maximum absolute atomic E-state index is 10.7. The Morgan fingerprint density at radius 3 is 2.88 bits per heavy atom. The second-order valence-corrected chi connectivity index (χ2v) is 4.94. The van der Waals surface area contributed by atoms with Crippen LogP contribution in [0.25, 0.3) is 0 Å². The number of carboxylic acids is 1. The Hall–Kier alpha value is -1.53. The summed E-state index contributed by atoms with van der Waals surface area (Å²) in [5.74, 6) is -1.12. The van der Waals surface area contributed by atoms with Gasteiger partial charge in [0.15, 0.2) is 5.69 Å². The Bertz CT molecular complexity index is 535. The van der Waals surface area contributed by atoms with Gasteiger partial charge in [-0.25, -0.2) is 4.79 Å². The van der Waals surface area contributed by atoms with E-state index < -0.39 is 5.97 Å². The summed E-state index contributed by atoms with van der Waals surface area (Å²) in [6.07, 6.45) is 1.50. The van der Waals surface area contributed by atoms with E-state index in [0.717, 1.165) is 4.88 Å². The van der Waals surface area contributed by atoms with Gasteiger partial charge in [0.2, 0.25) is 0 Å². The minimum atomic E-state index is -1.12. The van der Waals surface area contributed by atoms with Crippen LogP contribution in [0.15, 0.2) is 18.3 Å². The van der Waals surface area contributed by atoms with Crippen LogP contribution in [0, 0.1) is 0 Å². The number of hydrogen-bond acceptors (Lipinski definition) is 4. The third-order valence-corrected chi connectivity index (χ3v) is 3.16. The Balaban J connectivity index is 2.22. The van der Waals surface area contributed by atoms with Crippen molar-refractivity contribution in [2.75, 3.05) is 5.73 Å². The van der Waals surface area contributed by atoms with Crippen molar-refractivity contribution in [2.24, 2.45) is 0 Å². The van der Waals surface area contributed by atoms with Crippen molar-refractivity contribution in [2.45, 2.75) is 6.54 Å². The molecule has 0 fully saturated rings. The van der Waals surface area contributed by atoms with E-state index in [0.29, 0.717) is 10.9 Å². The highest BCUT2D eigenvalue weighted by Gasteiger charge is 2.13. The average Bonchev–Trinajstić information content (AvgIpc) is 2.73. The van der Waals surface area contributed by atoms with E-state index in [1.807, 2.05) is 6.07 Å². The smallest absolute Gasteiger partial charge is 0.358 e. The van der Waals surface area contributed by atoms with Crippen molar-refractivity contribution in [3.8, 4) is 0 Å². The second-order valence-electron chi connectivity index (χ2n) is 3.14. The third kappa shape index (κ3) is 2.17. The molecule has 0 saturated carbocycles. The first-order valence-electron chi connectivity index (χ1n) is 4.36. The lowest BCUT2D eigenvalue weighted by atomic mass is 10.4. The van der Waals surface area contributed by atoms with Crippen LogP contribution in [0.5, 0.6) is 0 Å². The quantitative estimate of drug-likeness (QED) is 0.880. The van der Waals surface area contributed by atoms with Crippen molar-refractivity contribution >= 4 is 34.6 Å². The summed E-state index contributed by atoms with van der Waals surface area (Å²) in [6.45, 7) is 0.467. The monoisotopic (exact) mass is 257 g/mol. The molecule has 2 rings (SSSR count). The fourth-order valence-corrected chi connectivity index (χ4v) is 2.36. The summed E-state index contributed by atoms with van der Waals surface area (Å²) in [5.41, 5.74) is 5.55. The Kier molecular flexibility index (Phi) is 2.84. The van der Waals surface area contributed by atoms with E-state index in [1.165, 1.54) is 22.2 Å². The van der Waals surface area contributed by atoms with Gasteiger partial charge in [-0.15, -0.1) is 11.3 Å². The normalized spacial score (nSPS) is 10.6. The first-order chi connectivity index (χ1) is 7.56. The molecule has 0 aliphatic heterocycles. The molecule has 0 aromatic carbocycles. The molecule has 0 aliphatic carbocycles. The maximum Gasteiger partial charge on any atom is 0.358 e. The Morgan fingerprint density at radius 1 is 1.62 bits per heavy atom. The van der Waals surface area contributed by atoms with Crippen LogP contribution in [-0.4, -0.2) is 20.9 Å². The number of nitrogens with two attached hydrogens (primary N) is 1. The molecule has 2 aromatic rings. The number of rotatable bonds is 3. The van der Waals surface area contributed by atoms with Crippen LogP contribution in [0.2, 0.25) is 4.34 Å². The van der Waals surface area contributed by atoms with E-state index in [4.69, 9.17) is 22.4 Å². The van der Waals surface area contributed by atoms with Crippen LogP contribution < -0.4 is 5.73 Å². The number of hydrogen-bond donors (Lipinski definition) is 2. The molecule has 2 aromatic heterocycles. The van der Waals surface area contributed by atoms with Gasteiger partial charge in [-0.2, -0.15) is 5.10 Å². The summed E-state index contributed by atoms with van der Waals surface area (Å²) in [4.78, 5) is 11.7. The fraction of sp³-hybridized carbons (Fsp3) is 0.111. The lowest BCUT2D eigenvalue weighted by Gasteiger charge is -1.96. The summed E-state index contributed by atoms with van der Waals surface area (Å²) < 4.78 is 2.18. The van der Waals surface area contributed by atoms with Gasteiger partial charge in [-0.3, -0.25) is 4.68 Å². The summed E-state index contributed by atoms with van der Waals surface area (Å²) >= 11 is 7.21. The lowest BCUT2D eigenvalue weighted by molar-refractivity contribution is 0.0690. The van der Waals surface area contributed by atoms with Crippen molar-refractivity contribution in [3.63, 3.8) is 0 Å². The van der Waals surface area contributed by atoms with Crippen LogP contribution in [0.1, 0.15) is 15.4 Å². The summed E-state index contributed by atoms with van der Waals surface area (Å²) in [7, 11) is 0. The molecule has 0 saturated heterocycles. The average molecular weight is 258 g/mol. The number of nitrogens with zero attached hydrogens (tertiary/aromatic N) is 2. The lowest BCUT2D eigenvalue weighted by Crippen LogP contribution is -2.03. The first-order valence-corrected chi connectivity index (χ1v) is 5.56. The summed E-state index contributed by atoms with van der Waals surface area (Å²) in [6, 6.07) is 3.65. The molecule has 5 nitrogen and oxygen atoms in total. The maximum atomic E-state index is 10.7. The topological polar surface area (TPSA) is 81.1 Å². The predicted molar refractivity (Wildman–Crippen MR) is 62.0 cm³/mol. The number of thiophene rings is 1. The molecule has 84 valence electrons. The highest BCUT2D eigenvalue weighted by Crippen LogP contribution is 2.22. The van der Waals surface area contributed by atoms with Crippen LogP contribution in [0.3, 0.4) is 0 Å². The van der Waals surface area contributed by atoms with E-state index >= 15 is 0 Å². The predicted octanol–water partition coefficient (Wildman–Crippen LogP) is 1.93. The molecule has 0 amide bonds. The number of carboxylic acid groups (broad SMARTS) is 1. The fourth-order valence-electron chi connectivity index (χ4n) is 1.28. The molecule has 0 atom stereocenters. The number of nitrogen functional groups attached to an aromatic ring is 1. The molecule has 0 spiro atoms. The number of carbonyl (C=O) groups is 1. The Morgan fingerprint density at radius 2 is 2.38 bits per heavy atom. The molecule has 0 bridgehead atoms.